The second-order valence-corrected chi connectivity index (χ2v) is 8.15. The van der Waals surface area contributed by atoms with Gasteiger partial charge in [0, 0.05) is 19.6 Å². The van der Waals surface area contributed by atoms with Crippen molar-refractivity contribution in [2.24, 2.45) is 11.7 Å². The molecule has 5 heteroatoms. The van der Waals surface area contributed by atoms with Crippen LogP contribution in [0.2, 0.25) is 0 Å². The molecular formula is C16H26N2O2S. The minimum Gasteiger partial charge on any atom is -0.326 e. The van der Waals surface area contributed by atoms with Gasteiger partial charge in [0.25, 0.3) is 0 Å². The Kier molecular flexibility index (Phi) is 5.41. The van der Waals surface area contributed by atoms with E-state index < -0.39 is 10.0 Å². The highest BCUT2D eigenvalue weighted by atomic mass is 32.2. The van der Waals surface area contributed by atoms with Crippen molar-refractivity contribution < 1.29 is 8.42 Å². The van der Waals surface area contributed by atoms with E-state index in [1.54, 1.807) is 11.4 Å². The van der Waals surface area contributed by atoms with Crippen LogP contribution in [-0.2, 0) is 22.3 Å². The number of nitrogens with zero attached hydrogens (tertiary/aromatic N) is 1. The third kappa shape index (κ3) is 4.05. The lowest BCUT2D eigenvalue weighted by Crippen LogP contribution is -2.43. The molecule has 0 heterocycles. The molecule has 1 aromatic rings. The first-order valence-corrected chi connectivity index (χ1v) is 9.28. The number of rotatable bonds is 5. The van der Waals surface area contributed by atoms with Crippen molar-refractivity contribution in [1.82, 2.24) is 4.31 Å². The van der Waals surface area contributed by atoms with Crippen LogP contribution in [0, 0.1) is 5.92 Å². The molecule has 0 aromatic heterocycles. The number of nitrogens with two attached hydrogens (primary N) is 1. The van der Waals surface area contributed by atoms with Gasteiger partial charge in [-0.05, 0) is 29.9 Å². The molecule has 118 valence electrons. The van der Waals surface area contributed by atoms with Gasteiger partial charge >= 0.3 is 0 Å². The molecular weight excluding hydrogens is 284 g/mol. The van der Waals surface area contributed by atoms with E-state index in [1.807, 2.05) is 24.3 Å². The topological polar surface area (TPSA) is 63.4 Å². The highest BCUT2D eigenvalue weighted by molar-refractivity contribution is 7.88. The van der Waals surface area contributed by atoms with Crippen LogP contribution in [0.5, 0.6) is 0 Å². The fourth-order valence-corrected chi connectivity index (χ4v) is 4.67. The lowest BCUT2D eigenvalue weighted by molar-refractivity contribution is 0.213. The van der Waals surface area contributed by atoms with Gasteiger partial charge < -0.3 is 5.73 Å². The average molecular weight is 310 g/mol. The van der Waals surface area contributed by atoms with E-state index >= 15 is 0 Å². The summed E-state index contributed by atoms with van der Waals surface area (Å²) in [6.07, 6.45) is 4.44. The molecule has 1 aliphatic carbocycles. The van der Waals surface area contributed by atoms with Crippen molar-refractivity contribution in [3.05, 3.63) is 35.4 Å². The predicted molar refractivity (Wildman–Crippen MR) is 86.1 cm³/mol. The van der Waals surface area contributed by atoms with Crippen molar-refractivity contribution in [3.63, 3.8) is 0 Å². The molecule has 1 fully saturated rings. The number of sulfonamides is 1. The van der Waals surface area contributed by atoms with Crippen LogP contribution in [0.1, 0.15) is 43.7 Å². The van der Waals surface area contributed by atoms with Gasteiger partial charge in [-0.15, -0.1) is 0 Å². The number of benzene rings is 1. The van der Waals surface area contributed by atoms with E-state index in [1.165, 1.54) is 6.42 Å². The van der Waals surface area contributed by atoms with Gasteiger partial charge in [0.05, 0.1) is 5.75 Å². The third-order valence-corrected chi connectivity index (χ3v) is 6.43. The minimum absolute atomic E-state index is 0.0670. The van der Waals surface area contributed by atoms with Crippen LogP contribution >= 0.6 is 0 Å². The van der Waals surface area contributed by atoms with E-state index in [0.29, 0.717) is 12.5 Å². The monoisotopic (exact) mass is 310 g/mol. The Labute approximate surface area is 128 Å². The van der Waals surface area contributed by atoms with Crippen LogP contribution < -0.4 is 5.73 Å². The zero-order valence-electron chi connectivity index (χ0n) is 13.0. The maximum atomic E-state index is 12.6. The first-order valence-electron chi connectivity index (χ1n) is 7.67. The Morgan fingerprint density at radius 1 is 1.14 bits per heavy atom. The summed E-state index contributed by atoms with van der Waals surface area (Å²) >= 11 is 0. The summed E-state index contributed by atoms with van der Waals surface area (Å²) in [5.74, 6) is 0.510. The lowest BCUT2D eigenvalue weighted by Gasteiger charge is -2.35. The van der Waals surface area contributed by atoms with Crippen LogP contribution in [0.15, 0.2) is 24.3 Å². The molecule has 21 heavy (non-hydrogen) atoms. The fraction of sp³-hybridized carbons (Fsp3) is 0.625. The molecule has 2 atom stereocenters. The van der Waals surface area contributed by atoms with Gasteiger partial charge in [-0.2, -0.15) is 0 Å². The largest absolute Gasteiger partial charge is 0.326 e. The smallest absolute Gasteiger partial charge is 0.218 e. The zero-order valence-corrected chi connectivity index (χ0v) is 13.8. The van der Waals surface area contributed by atoms with Crippen molar-refractivity contribution in [3.8, 4) is 0 Å². The molecule has 2 N–H and O–H groups in total. The molecule has 0 radical (unpaired) electrons. The molecule has 2 rings (SSSR count). The number of hydrogen-bond donors (Lipinski definition) is 1. The van der Waals surface area contributed by atoms with Gasteiger partial charge in [0.15, 0.2) is 0 Å². The fourth-order valence-electron chi connectivity index (χ4n) is 3.13. The normalized spacial score (nSPS) is 23.4. The van der Waals surface area contributed by atoms with Crippen LogP contribution in [0.25, 0.3) is 0 Å². The summed E-state index contributed by atoms with van der Waals surface area (Å²) in [7, 11) is -1.53. The molecule has 0 bridgehead atoms. The van der Waals surface area contributed by atoms with Crippen molar-refractivity contribution in [2.75, 3.05) is 7.05 Å². The van der Waals surface area contributed by atoms with E-state index in [2.05, 4.69) is 6.92 Å². The Balaban J connectivity index is 2.09. The first-order chi connectivity index (χ1) is 9.94. The summed E-state index contributed by atoms with van der Waals surface area (Å²) in [5.41, 5.74) is 7.40. The van der Waals surface area contributed by atoms with E-state index in [0.717, 1.165) is 30.4 Å². The SMILES string of the molecule is CC1CCCCC1N(C)S(=O)(=O)Cc1ccc(CN)cc1. The first kappa shape index (κ1) is 16.5. The van der Waals surface area contributed by atoms with Gasteiger partial charge in [0.2, 0.25) is 10.0 Å². The maximum Gasteiger partial charge on any atom is 0.218 e. The molecule has 2 unspecified atom stereocenters. The Hall–Kier alpha value is -0.910. The van der Waals surface area contributed by atoms with Gasteiger partial charge in [-0.3, -0.25) is 0 Å². The summed E-state index contributed by atoms with van der Waals surface area (Å²) in [6, 6.07) is 7.66. The second-order valence-electron chi connectivity index (χ2n) is 6.12. The summed E-state index contributed by atoms with van der Waals surface area (Å²) in [5, 5.41) is 0. The quantitative estimate of drug-likeness (QED) is 0.909. The van der Waals surface area contributed by atoms with Gasteiger partial charge in [0.1, 0.15) is 0 Å². The Morgan fingerprint density at radius 2 is 1.71 bits per heavy atom. The highest BCUT2D eigenvalue weighted by Gasteiger charge is 2.31. The molecule has 0 amide bonds. The van der Waals surface area contributed by atoms with E-state index in [9.17, 15) is 8.42 Å². The molecule has 1 aliphatic rings. The minimum atomic E-state index is -3.26. The predicted octanol–water partition coefficient (Wildman–Crippen LogP) is 2.49. The summed E-state index contributed by atoms with van der Waals surface area (Å²) < 4.78 is 26.8. The Bertz CT molecular complexity index is 554. The third-order valence-electron chi connectivity index (χ3n) is 4.58. The maximum absolute atomic E-state index is 12.6. The van der Waals surface area contributed by atoms with Gasteiger partial charge in [-0.25, -0.2) is 12.7 Å². The molecule has 0 saturated heterocycles. The molecule has 4 nitrogen and oxygen atoms in total. The second kappa shape index (κ2) is 6.90. The molecule has 1 aromatic carbocycles. The van der Waals surface area contributed by atoms with Crippen molar-refractivity contribution >= 4 is 10.0 Å². The van der Waals surface area contributed by atoms with E-state index in [4.69, 9.17) is 5.73 Å². The molecule has 1 saturated carbocycles. The zero-order chi connectivity index (χ0) is 15.5. The molecule has 0 spiro atoms. The number of hydrogen-bond acceptors (Lipinski definition) is 3. The Morgan fingerprint density at radius 3 is 2.29 bits per heavy atom. The van der Waals surface area contributed by atoms with E-state index in [-0.39, 0.29) is 11.8 Å². The lowest BCUT2D eigenvalue weighted by atomic mass is 9.86. The molecule has 0 aliphatic heterocycles. The van der Waals surface area contributed by atoms with Crippen molar-refractivity contribution in [2.45, 2.75) is 50.9 Å². The van der Waals surface area contributed by atoms with Gasteiger partial charge in [-0.1, -0.05) is 44.0 Å². The summed E-state index contributed by atoms with van der Waals surface area (Å²) in [6.45, 7) is 2.64. The highest BCUT2D eigenvalue weighted by Crippen LogP contribution is 2.29. The standard InChI is InChI=1S/C16H26N2O2S/c1-13-5-3-4-6-16(13)18(2)21(19,20)12-15-9-7-14(11-17)8-10-15/h7-10,13,16H,3-6,11-12,17H2,1-2H3. The van der Waals surface area contributed by atoms with Crippen LogP contribution in [0.4, 0.5) is 0 Å². The van der Waals surface area contributed by atoms with Crippen molar-refractivity contribution in [1.29, 1.82) is 0 Å². The summed E-state index contributed by atoms with van der Waals surface area (Å²) in [4.78, 5) is 0. The van der Waals surface area contributed by atoms with Crippen LogP contribution in [-0.4, -0.2) is 25.8 Å². The average Bonchev–Trinajstić information content (AvgIpc) is 2.47. The van der Waals surface area contributed by atoms with Crippen LogP contribution in [0.3, 0.4) is 0 Å².